The summed E-state index contributed by atoms with van der Waals surface area (Å²) in [6.45, 7) is 10.7. The highest BCUT2D eigenvalue weighted by atomic mass is 16.6. The second-order valence-electron chi connectivity index (χ2n) is 8.77. The van der Waals surface area contributed by atoms with Gasteiger partial charge in [-0.1, -0.05) is 0 Å². The molecule has 1 N–H and O–H groups in total. The summed E-state index contributed by atoms with van der Waals surface area (Å²) >= 11 is 0. The van der Waals surface area contributed by atoms with Gasteiger partial charge in [-0.15, -0.1) is 0 Å². The summed E-state index contributed by atoms with van der Waals surface area (Å²) in [7, 11) is 1.90. The first-order chi connectivity index (χ1) is 14.0. The van der Waals surface area contributed by atoms with E-state index in [0.29, 0.717) is 32.5 Å². The van der Waals surface area contributed by atoms with Crippen molar-refractivity contribution in [3.63, 3.8) is 0 Å². The lowest BCUT2D eigenvalue weighted by atomic mass is 10.2. The number of ether oxygens (including phenoxy) is 1. The summed E-state index contributed by atoms with van der Waals surface area (Å²) in [6.07, 6.45) is 1.24. The Morgan fingerprint density at radius 1 is 1.33 bits per heavy atom. The number of nitrogens with one attached hydrogen (secondary N) is 1. The smallest absolute Gasteiger partial charge is 0.417 e. The highest BCUT2D eigenvalue weighted by Gasteiger charge is 2.38. The van der Waals surface area contributed by atoms with E-state index in [1.165, 1.54) is 6.92 Å². The first-order valence-electron chi connectivity index (χ1n) is 10.5. The predicted molar refractivity (Wildman–Crippen MR) is 113 cm³/mol. The second kappa shape index (κ2) is 10.1. The van der Waals surface area contributed by atoms with Crippen LogP contribution in [-0.2, 0) is 27.9 Å². The number of likely N-dealkylation sites (tertiary alicyclic amines) is 1. The fraction of sp³-hybridized carbons (Fsp3) is 0.714. The van der Waals surface area contributed by atoms with Crippen LogP contribution in [0.2, 0.25) is 0 Å². The summed E-state index contributed by atoms with van der Waals surface area (Å²) in [4.78, 5) is 40.4. The third kappa shape index (κ3) is 6.55. The number of rotatable bonds is 7. The molecule has 1 saturated heterocycles. The lowest BCUT2D eigenvalue weighted by Crippen LogP contribution is -2.51. The van der Waals surface area contributed by atoms with Gasteiger partial charge < -0.3 is 15.0 Å². The van der Waals surface area contributed by atoms with Gasteiger partial charge in [-0.3, -0.25) is 14.3 Å². The first kappa shape index (κ1) is 23.9. The molecule has 1 aromatic rings. The van der Waals surface area contributed by atoms with E-state index in [-0.39, 0.29) is 18.4 Å². The molecule has 1 fully saturated rings. The average molecular weight is 422 g/mol. The molecule has 0 aromatic carbocycles. The van der Waals surface area contributed by atoms with E-state index in [2.05, 4.69) is 10.4 Å². The summed E-state index contributed by atoms with van der Waals surface area (Å²) in [6, 6.07) is 1.42. The Hall–Kier alpha value is -2.42. The topological polar surface area (TPSA) is 96.8 Å². The fourth-order valence-corrected chi connectivity index (χ4v) is 3.60. The molecular weight excluding hydrogens is 386 g/mol. The van der Waals surface area contributed by atoms with Gasteiger partial charge in [-0.25, -0.2) is 9.69 Å². The van der Waals surface area contributed by atoms with Gasteiger partial charge in [0.15, 0.2) is 0 Å². The molecule has 2 heterocycles. The van der Waals surface area contributed by atoms with Crippen LogP contribution in [0, 0.1) is 6.92 Å². The van der Waals surface area contributed by atoms with E-state index in [1.807, 2.05) is 24.7 Å². The third-order valence-electron chi connectivity index (χ3n) is 4.96. The largest absolute Gasteiger partial charge is 0.443 e. The molecule has 0 spiro atoms. The van der Waals surface area contributed by atoms with Gasteiger partial charge in [0.05, 0.1) is 11.4 Å². The Morgan fingerprint density at radius 2 is 2.03 bits per heavy atom. The quantitative estimate of drug-likeness (QED) is 0.676. The van der Waals surface area contributed by atoms with Gasteiger partial charge in [0.2, 0.25) is 5.91 Å². The molecule has 0 saturated carbocycles. The zero-order chi connectivity index (χ0) is 22.5. The summed E-state index contributed by atoms with van der Waals surface area (Å²) in [5.74, 6) is -0.512. The van der Waals surface area contributed by atoms with Gasteiger partial charge in [-0.2, -0.15) is 5.10 Å². The van der Waals surface area contributed by atoms with Gasteiger partial charge in [-0.05, 0) is 59.6 Å². The van der Waals surface area contributed by atoms with E-state index in [1.54, 1.807) is 25.7 Å². The van der Waals surface area contributed by atoms with Crippen molar-refractivity contribution < 1.29 is 19.1 Å². The minimum Gasteiger partial charge on any atom is -0.443 e. The van der Waals surface area contributed by atoms with Crippen molar-refractivity contribution in [2.45, 2.75) is 72.1 Å². The monoisotopic (exact) mass is 421 g/mol. The molecule has 1 aromatic heterocycles. The van der Waals surface area contributed by atoms with Gasteiger partial charge in [0.1, 0.15) is 11.6 Å². The maximum Gasteiger partial charge on any atom is 0.417 e. The van der Waals surface area contributed by atoms with E-state index < -0.39 is 17.7 Å². The third-order valence-corrected chi connectivity index (χ3v) is 4.96. The molecule has 0 aliphatic carbocycles. The molecule has 168 valence electrons. The van der Waals surface area contributed by atoms with Crippen molar-refractivity contribution in [2.24, 2.45) is 7.05 Å². The van der Waals surface area contributed by atoms with Crippen LogP contribution in [-0.4, -0.2) is 68.8 Å². The molecule has 30 heavy (non-hydrogen) atoms. The zero-order valence-electron chi connectivity index (χ0n) is 19.0. The summed E-state index contributed by atoms with van der Waals surface area (Å²) in [5, 5.41) is 7.63. The normalized spacial score (nSPS) is 16.6. The lowest BCUT2D eigenvalue weighted by Gasteiger charge is -2.30. The van der Waals surface area contributed by atoms with Crippen molar-refractivity contribution >= 4 is 17.9 Å². The number of imide groups is 1. The van der Waals surface area contributed by atoms with Gasteiger partial charge in [0.25, 0.3) is 5.91 Å². The molecule has 1 atom stereocenters. The first-order valence-corrected chi connectivity index (χ1v) is 10.5. The predicted octanol–water partition coefficient (Wildman–Crippen LogP) is 1.98. The number of nitrogens with zero attached hydrogens (tertiary/aromatic N) is 4. The molecule has 1 aliphatic heterocycles. The lowest BCUT2D eigenvalue weighted by molar-refractivity contribution is -0.142. The SMILES string of the molecule is CC(=O)N1CCC[C@@H]1C(=O)N(CCCNCc1cc(C)nn1C)C(=O)OC(C)(C)C. The van der Waals surface area contributed by atoms with Crippen molar-refractivity contribution in [1.29, 1.82) is 0 Å². The van der Waals surface area contributed by atoms with Crippen molar-refractivity contribution in [2.75, 3.05) is 19.6 Å². The van der Waals surface area contributed by atoms with Crippen LogP contribution >= 0.6 is 0 Å². The fourth-order valence-electron chi connectivity index (χ4n) is 3.60. The minimum atomic E-state index is -0.707. The number of aryl methyl sites for hydroxylation is 2. The standard InChI is InChI=1S/C21H35N5O4/c1-15-13-17(24(6)23-15)14-22-10-8-12-26(20(29)30-21(3,4)5)19(28)18-9-7-11-25(18)16(2)27/h13,18,22H,7-12,14H2,1-6H3/t18-/m1/s1. The number of carbonyl (C=O) groups is 3. The molecule has 0 bridgehead atoms. The molecule has 9 heteroatoms. The van der Waals surface area contributed by atoms with Gasteiger partial charge >= 0.3 is 6.09 Å². The Balaban J connectivity index is 1.97. The molecule has 0 radical (unpaired) electrons. The average Bonchev–Trinajstić information content (AvgIpc) is 3.22. The Bertz CT molecular complexity index is 768. The van der Waals surface area contributed by atoms with E-state index in [0.717, 1.165) is 22.7 Å². The van der Waals surface area contributed by atoms with Crippen LogP contribution < -0.4 is 5.32 Å². The van der Waals surface area contributed by atoms with Crippen molar-refractivity contribution in [1.82, 2.24) is 24.9 Å². The van der Waals surface area contributed by atoms with Crippen LogP contribution in [0.4, 0.5) is 4.79 Å². The van der Waals surface area contributed by atoms with Gasteiger partial charge in [0, 0.05) is 33.6 Å². The Labute approximate surface area is 178 Å². The molecule has 2 rings (SSSR count). The number of carbonyl (C=O) groups excluding carboxylic acids is 3. The maximum absolute atomic E-state index is 13.1. The molecular formula is C21H35N5O4. The zero-order valence-corrected chi connectivity index (χ0v) is 19.0. The number of hydrogen-bond acceptors (Lipinski definition) is 6. The summed E-state index contributed by atoms with van der Waals surface area (Å²) in [5.41, 5.74) is 1.32. The Morgan fingerprint density at radius 3 is 2.60 bits per heavy atom. The highest BCUT2D eigenvalue weighted by molar-refractivity contribution is 5.97. The van der Waals surface area contributed by atoms with Crippen LogP contribution in [0.5, 0.6) is 0 Å². The summed E-state index contributed by atoms with van der Waals surface area (Å²) < 4.78 is 7.28. The van der Waals surface area contributed by atoms with Crippen LogP contribution in [0.1, 0.15) is 58.3 Å². The second-order valence-corrected chi connectivity index (χ2v) is 8.77. The van der Waals surface area contributed by atoms with E-state index in [9.17, 15) is 14.4 Å². The number of aromatic nitrogens is 2. The molecule has 3 amide bonds. The number of hydrogen-bond donors (Lipinski definition) is 1. The van der Waals surface area contributed by atoms with E-state index >= 15 is 0 Å². The van der Waals surface area contributed by atoms with Crippen LogP contribution in [0.3, 0.4) is 0 Å². The van der Waals surface area contributed by atoms with E-state index in [4.69, 9.17) is 4.74 Å². The molecule has 1 aliphatic rings. The molecule has 9 nitrogen and oxygen atoms in total. The number of amides is 3. The van der Waals surface area contributed by atoms with Crippen LogP contribution in [0.25, 0.3) is 0 Å². The highest BCUT2D eigenvalue weighted by Crippen LogP contribution is 2.21. The minimum absolute atomic E-state index is 0.150. The van der Waals surface area contributed by atoms with Crippen LogP contribution in [0.15, 0.2) is 6.07 Å². The van der Waals surface area contributed by atoms with Crippen molar-refractivity contribution in [3.8, 4) is 0 Å². The maximum atomic E-state index is 13.1. The molecule has 0 unspecified atom stereocenters. The van der Waals surface area contributed by atoms with Crippen molar-refractivity contribution in [3.05, 3.63) is 17.5 Å². The Kier molecular flexibility index (Phi) is 8.00.